The van der Waals surface area contributed by atoms with E-state index < -0.39 is 0 Å². The van der Waals surface area contributed by atoms with Crippen LogP contribution in [0.5, 0.6) is 0 Å². The lowest BCUT2D eigenvalue weighted by Crippen LogP contribution is -1.80. The summed E-state index contributed by atoms with van der Waals surface area (Å²) in [5.41, 5.74) is 0.560. The monoisotopic (exact) mass is 182 g/mol. The van der Waals surface area contributed by atoms with Crippen molar-refractivity contribution in [2.75, 3.05) is 6.61 Å². The van der Waals surface area contributed by atoms with E-state index in [4.69, 9.17) is 10.3 Å². The molecule has 12 heavy (non-hydrogen) atoms. The van der Waals surface area contributed by atoms with Gasteiger partial charge in [-0.05, 0) is 5.92 Å². The van der Waals surface area contributed by atoms with Crippen molar-refractivity contribution >= 4 is 17.6 Å². The molecule has 0 bridgehead atoms. The maximum Gasteiger partial charge on any atom is 0.167 e. The second-order valence-corrected chi connectivity index (χ2v) is 2.64. The minimum absolute atomic E-state index is 0.178. The van der Waals surface area contributed by atoms with E-state index in [0.29, 0.717) is 10.7 Å². The third-order valence-corrected chi connectivity index (χ3v) is 1.76. The molecule has 2 N–H and O–H groups in total. The molecular weight excluding hydrogens is 176 g/mol. The Morgan fingerprint density at radius 3 is 3.25 bits per heavy atom. The SMILES string of the molecule is OCC#Cc1nc(C=NO)cs1. The number of nitrogens with zero attached hydrogens (tertiary/aromatic N) is 2. The molecule has 1 rings (SSSR count). The molecule has 0 spiro atoms. The fourth-order valence-electron chi connectivity index (χ4n) is 0.577. The summed E-state index contributed by atoms with van der Waals surface area (Å²) in [5.74, 6) is 5.10. The smallest absolute Gasteiger partial charge is 0.167 e. The summed E-state index contributed by atoms with van der Waals surface area (Å²) in [6.45, 7) is -0.178. The molecule has 4 nitrogen and oxygen atoms in total. The minimum Gasteiger partial charge on any atom is -0.411 e. The van der Waals surface area contributed by atoms with Crippen molar-refractivity contribution in [3.05, 3.63) is 16.1 Å². The molecule has 0 fully saturated rings. The summed E-state index contributed by atoms with van der Waals surface area (Å²) < 4.78 is 0. The van der Waals surface area contributed by atoms with Crippen molar-refractivity contribution in [1.82, 2.24) is 4.98 Å². The van der Waals surface area contributed by atoms with Crippen molar-refractivity contribution in [1.29, 1.82) is 0 Å². The number of thiazole rings is 1. The number of aliphatic hydroxyl groups excluding tert-OH is 1. The largest absolute Gasteiger partial charge is 0.411 e. The summed E-state index contributed by atoms with van der Waals surface area (Å²) in [6.07, 6.45) is 1.22. The first kappa shape index (κ1) is 8.71. The molecule has 0 aliphatic rings. The lowest BCUT2D eigenvalue weighted by atomic mass is 10.5. The van der Waals surface area contributed by atoms with E-state index in [1.807, 2.05) is 0 Å². The Hall–Kier alpha value is -1.38. The average molecular weight is 182 g/mol. The van der Waals surface area contributed by atoms with Crippen LogP contribution in [-0.4, -0.2) is 28.1 Å². The summed E-state index contributed by atoms with van der Waals surface area (Å²) in [6, 6.07) is 0. The molecular formula is C7H6N2O2S. The normalized spacial score (nSPS) is 9.75. The number of hydrogen-bond donors (Lipinski definition) is 2. The van der Waals surface area contributed by atoms with Gasteiger partial charge < -0.3 is 10.3 Å². The predicted molar refractivity (Wildman–Crippen MR) is 45.5 cm³/mol. The van der Waals surface area contributed by atoms with Crippen LogP contribution >= 0.6 is 11.3 Å². The molecule has 0 unspecified atom stereocenters. The standard InChI is InChI=1S/C7H6N2O2S/c10-3-1-2-7-9-6(4-8-11)5-12-7/h4-5,10-11H,3H2. The Kier molecular flexibility index (Phi) is 3.26. The van der Waals surface area contributed by atoms with Crippen LogP contribution in [-0.2, 0) is 0 Å². The molecule has 1 heterocycles. The van der Waals surface area contributed by atoms with Gasteiger partial charge in [0.15, 0.2) is 5.01 Å². The third-order valence-electron chi connectivity index (χ3n) is 0.986. The molecule has 0 radical (unpaired) electrons. The van der Waals surface area contributed by atoms with Gasteiger partial charge in [0.1, 0.15) is 6.61 Å². The zero-order valence-electron chi connectivity index (χ0n) is 6.06. The van der Waals surface area contributed by atoms with Crippen molar-refractivity contribution < 1.29 is 10.3 Å². The number of rotatable bonds is 1. The first-order valence-corrected chi connectivity index (χ1v) is 3.97. The van der Waals surface area contributed by atoms with Crippen LogP contribution in [0.3, 0.4) is 0 Å². The second-order valence-electron chi connectivity index (χ2n) is 1.78. The molecule has 0 aromatic carbocycles. The molecule has 62 valence electrons. The van der Waals surface area contributed by atoms with Gasteiger partial charge in [0.2, 0.25) is 0 Å². The first-order valence-electron chi connectivity index (χ1n) is 3.09. The Balaban J connectivity index is 2.77. The predicted octanol–water partition coefficient (Wildman–Crippen LogP) is 0.295. The van der Waals surface area contributed by atoms with Crippen LogP contribution in [0.1, 0.15) is 10.7 Å². The van der Waals surface area contributed by atoms with Crippen LogP contribution in [0.25, 0.3) is 0 Å². The highest BCUT2D eigenvalue weighted by Crippen LogP contribution is 2.05. The lowest BCUT2D eigenvalue weighted by Gasteiger charge is -1.76. The van der Waals surface area contributed by atoms with Gasteiger partial charge >= 0.3 is 0 Å². The van der Waals surface area contributed by atoms with Gasteiger partial charge in [-0.1, -0.05) is 11.1 Å². The second kappa shape index (κ2) is 4.49. The summed E-state index contributed by atoms with van der Waals surface area (Å²) in [4.78, 5) is 3.96. The Morgan fingerprint density at radius 1 is 1.75 bits per heavy atom. The van der Waals surface area contributed by atoms with E-state index in [-0.39, 0.29) is 6.61 Å². The average Bonchev–Trinajstić information content (AvgIpc) is 2.50. The van der Waals surface area contributed by atoms with Gasteiger partial charge in [-0.2, -0.15) is 0 Å². The zero-order chi connectivity index (χ0) is 8.81. The molecule has 1 aromatic rings. The molecule has 0 amide bonds. The van der Waals surface area contributed by atoms with Gasteiger partial charge in [0.05, 0.1) is 11.9 Å². The van der Waals surface area contributed by atoms with Gasteiger partial charge in [0.25, 0.3) is 0 Å². The first-order chi connectivity index (χ1) is 5.86. The fourth-order valence-corrected chi connectivity index (χ4v) is 1.21. The van der Waals surface area contributed by atoms with Gasteiger partial charge in [-0.15, -0.1) is 11.3 Å². The minimum atomic E-state index is -0.178. The van der Waals surface area contributed by atoms with E-state index in [0.717, 1.165) is 0 Å². The molecule has 0 saturated heterocycles. The van der Waals surface area contributed by atoms with Crippen molar-refractivity contribution in [3.8, 4) is 11.8 Å². The van der Waals surface area contributed by atoms with Crippen LogP contribution in [0.2, 0.25) is 0 Å². The van der Waals surface area contributed by atoms with Crippen LogP contribution in [0.4, 0.5) is 0 Å². The summed E-state index contributed by atoms with van der Waals surface area (Å²) in [7, 11) is 0. The Bertz CT molecular complexity index is 335. The highest BCUT2D eigenvalue weighted by Gasteiger charge is 1.94. The Labute approximate surface area is 73.2 Å². The van der Waals surface area contributed by atoms with Crippen LogP contribution in [0, 0.1) is 11.8 Å². The molecule has 0 saturated carbocycles. The summed E-state index contributed by atoms with van der Waals surface area (Å²) >= 11 is 1.33. The van der Waals surface area contributed by atoms with E-state index in [1.54, 1.807) is 5.38 Å². The Morgan fingerprint density at radius 2 is 2.58 bits per heavy atom. The van der Waals surface area contributed by atoms with Crippen molar-refractivity contribution in [2.45, 2.75) is 0 Å². The highest BCUT2D eigenvalue weighted by molar-refractivity contribution is 7.10. The molecule has 5 heteroatoms. The lowest BCUT2D eigenvalue weighted by molar-refractivity contribution is 0.321. The molecule has 1 aromatic heterocycles. The van der Waals surface area contributed by atoms with E-state index in [1.165, 1.54) is 17.6 Å². The molecule has 0 atom stereocenters. The molecule has 0 aliphatic heterocycles. The number of aliphatic hydroxyl groups is 1. The van der Waals surface area contributed by atoms with Gasteiger partial charge in [0, 0.05) is 5.38 Å². The molecule has 0 aliphatic carbocycles. The zero-order valence-corrected chi connectivity index (χ0v) is 6.88. The quantitative estimate of drug-likeness (QED) is 0.284. The number of hydrogen-bond acceptors (Lipinski definition) is 5. The van der Waals surface area contributed by atoms with E-state index >= 15 is 0 Å². The van der Waals surface area contributed by atoms with Crippen molar-refractivity contribution in [3.63, 3.8) is 0 Å². The van der Waals surface area contributed by atoms with E-state index in [9.17, 15) is 0 Å². The maximum atomic E-state index is 8.37. The van der Waals surface area contributed by atoms with Crippen LogP contribution < -0.4 is 0 Å². The topological polar surface area (TPSA) is 65.7 Å². The van der Waals surface area contributed by atoms with Gasteiger partial charge in [-0.25, -0.2) is 4.98 Å². The maximum absolute atomic E-state index is 8.37. The van der Waals surface area contributed by atoms with Crippen molar-refractivity contribution in [2.24, 2.45) is 5.16 Å². The van der Waals surface area contributed by atoms with Gasteiger partial charge in [-0.3, -0.25) is 0 Å². The number of oxime groups is 1. The fraction of sp³-hybridized carbons (Fsp3) is 0.143. The highest BCUT2D eigenvalue weighted by atomic mass is 32.1. The van der Waals surface area contributed by atoms with Crippen LogP contribution in [0.15, 0.2) is 10.5 Å². The summed E-state index contributed by atoms with van der Waals surface area (Å²) in [5, 5.41) is 21.7. The van der Waals surface area contributed by atoms with E-state index in [2.05, 4.69) is 22.0 Å². The third kappa shape index (κ3) is 2.34. The number of aromatic nitrogens is 1.